The van der Waals surface area contributed by atoms with E-state index >= 15 is 0 Å². The summed E-state index contributed by atoms with van der Waals surface area (Å²) in [6.45, 7) is 3.72. The molecule has 1 saturated heterocycles. The summed E-state index contributed by atoms with van der Waals surface area (Å²) in [7, 11) is 0. The zero-order valence-corrected chi connectivity index (χ0v) is 9.20. The van der Waals surface area contributed by atoms with Gasteiger partial charge in [0.2, 0.25) is 5.89 Å². The highest BCUT2D eigenvalue weighted by molar-refractivity contribution is 5.03. The second kappa shape index (κ2) is 4.77. The van der Waals surface area contributed by atoms with E-state index in [4.69, 9.17) is 10.2 Å². The van der Waals surface area contributed by atoms with Crippen molar-refractivity contribution in [2.45, 2.75) is 38.1 Å². The largest absolute Gasteiger partial charge is 0.444 e. The lowest BCUT2D eigenvalue weighted by Crippen LogP contribution is -2.26. The van der Waals surface area contributed by atoms with Crippen LogP contribution in [0.3, 0.4) is 0 Å². The number of hydrogen-bond donors (Lipinski definition) is 2. The summed E-state index contributed by atoms with van der Waals surface area (Å²) in [6, 6.07) is 0.303. The number of rotatable bonds is 3. The number of nitrogens with one attached hydrogen (secondary N) is 1. The van der Waals surface area contributed by atoms with Crippen LogP contribution in [0.1, 0.15) is 49.8 Å². The van der Waals surface area contributed by atoms with Crippen molar-refractivity contribution in [1.29, 1.82) is 0 Å². The molecule has 2 rings (SSSR count). The third-order valence-corrected chi connectivity index (χ3v) is 2.99. The molecule has 2 atom stereocenters. The van der Waals surface area contributed by atoms with E-state index in [-0.39, 0.29) is 5.92 Å². The highest BCUT2D eigenvalue weighted by Crippen LogP contribution is 2.24. The molecule has 4 nitrogen and oxygen atoms in total. The fraction of sp³-hybridized carbons (Fsp3) is 0.727. The van der Waals surface area contributed by atoms with Crippen LogP contribution in [0.4, 0.5) is 0 Å². The van der Waals surface area contributed by atoms with Gasteiger partial charge in [0.25, 0.3) is 0 Å². The van der Waals surface area contributed by atoms with Crippen LogP contribution >= 0.6 is 0 Å². The molecule has 15 heavy (non-hydrogen) atoms. The number of nitrogens with zero attached hydrogens (tertiary/aromatic N) is 1. The van der Waals surface area contributed by atoms with E-state index in [1.165, 1.54) is 12.8 Å². The van der Waals surface area contributed by atoms with Crippen LogP contribution in [0.2, 0.25) is 0 Å². The Kier molecular flexibility index (Phi) is 3.38. The lowest BCUT2D eigenvalue weighted by Gasteiger charge is -2.20. The Morgan fingerprint density at radius 2 is 2.53 bits per heavy atom. The van der Waals surface area contributed by atoms with Crippen molar-refractivity contribution in [2.24, 2.45) is 5.73 Å². The molecule has 0 amide bonds. The van der Waals surface area contributed by atoms with Gasteiger partial charge in [-0.15, -0.1) is 0 Å². The zero-order chi connectivity index (χ0) is 10.7. The van der Waals surface area contributed by atoms with E-state index in [0.717, 1.165) is 24.6 Å². The van der Waals surface area contributed by atoms with Gasteiger partial charge < -0.3 is 15.5 Å². The molecule has 0 aliphatic carbocycles. The van der Waals surface area contributed by atoms with Gasteiger partial charge >= 0.3 is 0 Å². The van der Waals surface area contributed by atoms with Crippen LogP contribution in [0.25, 0.3) is 0 Å². The first-order valence-electron chi connectivity index (χ1n) is 5.70. The monoisotopic (exact) mass is 209 g/mol. The molecule has 4 heteroatoms. The van der Waals surface area contributed by atoms with Crippen molar-refractivity contribution >= 4 is 0 Å². The van der Waals surface area contributed by atoms with E-state index in [9.17, 15) is 0 Å². The van der Waals surface area contributed by atoms with Crippen molar-refractivity contribution in [1.82, 2.24) is 10.3 Å². The van der Waals surface area contributed by atoms with Crippen molar-refractivity contribution in [3.05, 3.63) is 17.8 Å². The summed E-state index contributed by atoms with van der Waals surface area (Å²) in [5.74, 6) is 1.99. The molecule has 0 saturated carbocycles. The van der Waals surface area contributed by atoms with Gasteiger partial charge in [0.1, 0.15) is 5.76 Å². The molecule has 3 N–H and O–H groups in total. The molecule has 2 unspecified atom stereocenters. The maximum atomic E-state index is 5.72. The number of aromatic nitrogens is 1. The first-order chi connectivity index (χ1) is 7.31. The van der Waals surface area contributed by atoms with Gasteiger partial charge in [-0.05, 0) is 19.4 Å². The number of oxazole rings is 1. The summed E-state index contributed by atoms with van der Waals surface area (Å²) in [5.41, 5.74) is 5.59. The smallest absolute Gasteiger partial charge is 0.211 e. The van der Waals surface area contributed by atoms with Crippen molar-refractivity contribution in [3.63, 3.8) is 0 Å². The molecule has 0 aromatic carbocycles. The number of piperidine rings is 1. The Morgan fingerprint density at radius 1 is 1.67 bits per heavy atom. The number of nitrogens with two attached hydrogens (primary N) is 1. The predicted octanol–water partition coefficient (Wildman–Crippen LogP) is 1.55. The molecule has 1 aromatic rings. The van der Waals surface area contributed by atoms with Gasteiger partial charge in [-0.1, -0.05) is 13.3 Å². The highest BCUT2D eigenvalue weighted by atomic mass is 16.4. The minimum Gasteiger partial charge on any atom is -0.444 e. The summed E-state index contributed by atoms with van der Waals surface area (Å²) in [5, 5.41) is 3.42. The van der Waals surface area contributed by atoms with Crippen LogP contribution in [-0.2, 0) is 0 Å². The first kappa shape index (κ1) is 10.6. The van der Waals surface area contributed by atoms with Crippen LogP contribution in [0, 0.1) is 0 Å². The summed E-state index contributed by atoms with van der Waals surface area (Å²) < 4.78 is 5.72. The maximum absolute atomic E-state index is 5.72. The molecule has 0 bridgehead atoms. The van der Waals surface area contributed by atoms with Gasteiger partial charge in [0.05, 0.1) is 12.2 Å². The topological polar surface area (TPSA) is 64.1 Å². The molecule has 1 aliphatic heterocycles. The highest BCUT2D eigenvalue weighted by Gasteiger charge is 2.20. The average molecular weight is 209 g/mol. The molecule has 0 radical (unpaired) electrons. The quantitative estimate of drug-likeness (QED) is 0.792. The Bertz CT molecular complexity index is 305. The number of hydrogen-bond acceptors (Lipinski definition) is 4. The summed E-state index contributed by atoms with van der Waals surface area (Å²) >= 11 is 0. The molecule has 84 valence electrons. The normalized spacial score (nSPS) is 24.0. The van der Waals surface area contributed by atoms with Gasteiger partial charge in [-0.25, -0.2) is 4.98 Å². The SMILES string of the molecule is CC(CN)c1cnc(C2CCCCN2)o1. The van der Waals surface area contributed by atoms with Crippen LogP contribution < -0.4 is 11.1 Å². The second-order valence-corrected chi connectivity index (χ2v) is 4.24. The van der Waals surface area contributed by atoms with E-state index in [1.807, 2.05) is 6.20 Å². The molecule has 0 spiro atoms. The summed E-state index contributed by atoms with van der Waals surface area (Å²) in [4.78, 5) is 4.32. The average Bonchev–Trinajstić information content (AvgIpc) is 2.78. The fourth-order valence-electron chi connectivity index (χ4n) is 1.87. The van der Waals surface area contributed by atoms with Gasteiger partial charge in [0, 0.05) is 12.5 Å². The molecule has 1 fully saturated rings. The minimum atomic E-state index is 0.259. The van der Waals surface area contributed by atoms with E-state index in [2.05, 4.69) is 17.2 Å². The lowest BCUT2D eigenvalue weighted by atomic mass is 10.1. The van der Waals surface area contributed by atoms with E-state index in [0.29, 0.717) is 12.6 Å². The lowest BCUT2D eigenvalue weighted by molar-refractivity contribution is 0.324. The van der Waals surface area contributed by atoms with Gasteiger partial charge in [-0.3, -0.25) is 0 Å². The van der Waals surface area contributed by atoms with Crippen LogP contribution in [0.5, 0.6) is 0 Å². The molecular formula is C11H19N3O. The molecule has 1 aromatic heterocycles. The fourth-order valence-corrected chi connectivity index (χ4v) is 1.87. The van der Waals surface area contributed by atoms with Crippen molar-refractivity contribution in [2.75, 3.05) is 13.1 Å². The zero-order valence-electron chi connectivity index (χ0n) is 9.20. The standard InChI is InChI=1S/C11H19N3O/c1-8(6-12)10-7-14-11(15-10)9-4-2-3-5-13-9/h7-9,13H,2-6,12H2,1H3. The molecular weight excluding hydrogens is 190 g/mol. The molecule has 1 aliphatic rings. The van der Waals surface area contributed by atoms with E-state index < -0.39 is 0 Å². The van der Waals surface area contributed by atoms with Crippen LogP contribution in [0.15, 0.2) is 10.6 Å². The van der Waals surface area contributed by atoms with Crippen molar-refractivity contribution < 1.29 is 4.42 Å². The third-order valence-electron chi connectivity index (χ3n) is 2.99. The maximum Gasteiger partial charge on any atom is 0.211 e. The van der Waals surface area contributed by atoms with Crippen molar-refractivity contribution in [3.8, 4) is 0 Å². The Labute approximate surface area is 90.2 Å². The third kappa shape index (κ3) is 2.38. The second-order valence-electron chi connectivity index (χ2n) is 4.24. The van der Waals surface area contributed by atoms with E-state index in [1.54, 1.807) is 0 Å². The predicted molar refractivity (Wildman–Crippen MR) is 58.6 cm³/mol. The Morgan fingerprint density at radius 3 is 3.20 bits per heavy atom. The summed E-state index contributed by atoms with van der Waals surface area (Å²) in [6.07, 6.45) is 5.44. The first-order valence-corrected chi connectivity index (χ1v) is 5.70. The Hall–Kier alpha value is -0.870. The Balaban J connectivity index is 2.05. The molecule has 2 heterocycles. The minimum absolute atomic E-state index is 0.259. The van der Waals surface area contributed by atoms with Gasteiger partial charge in [-0.2, -0.15) is 0 Å². The van der Waals surface area contributed by atoms with Crippen LogP contribution in [-0.4, -0.2) is 18.1 Å². The van der Waals surface area contributed by atoms with Gasteiger partial charge in [0.15, 0.2) is 0 Å².